The SMILES string of the molecule is Cc1ccc(OCNC2COC2C)cc1. The minimum atomic E-state index is 0.312. The Labute approximate surface area is 90.4 Å². The highest BCUT2D eigenvalue weighted by atomic mass is 16.5. The lowest BCUT2D eigenvalue weighted by atomic mass is 10.1. The first-order valence-corrected chi connectivity index (χ1v) is 5.30. The molecule has 2 unspecified atom stereocenters. The maximum atomic E-state index is 5.55. The van der Waals surface area contributed by atoms with Crippen LogP contribution in [0.15, 0.2) is 24.3 Å². The lowest BCUT2D eigenvalue weighted by molar-refractivity contribution is -0.0802. The molecular weight excluding hydrogens is 190 g/mol. The number of nitrogens with one attached hydrogen (secondary N) is 1. The lowest BCUT2D eigenvalue weighted by Crippen LogP contribution is -2.53. The molecule has 0 bridgehead atoms. The number of hydrogen-bond donors (Lipinski definition) is 1. The van der Waals surface area contributed by atoms with Crippen LogP contribution >= 0.6 is 0 Å². The van der Waals surface area contributed by atoms with E-state index < -0.39 is 0 Å². The quantitative estimate of drug-likeness (QED) is 0.762. The Hall–Kier alpha value is -1.06. The molecule has 1 aliphatic heterocycles. The first-order chi connectivity index (χ1) is 7.25. The molecule has 2 rings (SSSR count). The van der Waals surface area contributed by atoms with Crippen molar-refractivity contribution in [3.05, 3.63) is 29.8 Å². The standard InChI is InChI=1S/C12H17NO2/c1-9-3-5-11(6-4-9)15-8-13-12-7-14-10(12)2/h3-6,10,12-13H,7-8H2,1-2H3. The van der Waals surface area contributed by atoms with Crippen LogP contribution in [0.25, 0.3) is 0 Å². The van der Waals surface area contributed by atoms with E-state index in [2.05, 4.69) is 19.2 Å². The molecule has 15 heavy (non-hydrogen) atoms. The van der Waals surface area contributed by atoms with Gasteiger partial charge in [-0.3, -0.25) is 5.32 Å². The van der Waals surface area contributed by atoms with Gasteiger partial charge >= 0.3 is 0 Å². The minimum absolute atomic E-state index is 0.312. The Morgan fingerprint density at radius 3 is 2.67 bits per heavy atom. The zero-order valence-corrected chi connectivity index (χ0v) is 9.19. The van der Waals surface area contributed by atoms with Gasteiger partial charge < -0.3 is 9.47 Å². The molecule has 1 aromatic carbocycles. The molecule has 0 amide bonds. The van der Waals surface area contributed by atoms with E-state index in [1.807, 2.05) is 24.3 Å². The Balaban J connectivity index is 1.71. The van der Waals surface area contributed by atoms with Crippen LogP contribution in [-0.4, -0.2) is 25.5 Å². The summed E-state index contributed by atoms with van der Waals surface area (Å²) in [6.45, 7) is 5.46. The average Bonchev–Trinajstić information content (AvgIpc) is 2.25. The van der Waals surface area contributed by atoms with E-state index in [4.69, 9.17) is 9.47 Å². The Kier molecular flexibility index (Phi) is 3.23. The summed E-state index contributed by atoms with van der Waals surface area (Å²) in [6.07, 6.45) is 0.312. The highest BCUT2D eigenvalue weighted by Gasteiger charge is 2.26. The third-order valence-electron chi connectivity index (χ3n) is 2.71. The molecule has 82 valence electrons. The van der Waals surface area contributed by atoms with Gasteiger partial charge in [0.05, 0.1) is 18.8 Å². The predicted molar refractivity (Wildman–Crippen MR) is 59.0 cm³/mol. The Morgan fingerprint density at radius 2 is 2.13 bits per heavy atom. The fourth-order valence-electron chi connectivity index (χ4n) is 1.48. The number of aryl methyl sites for hydroxylation is 1. The molecule has 1 fully saturated rings. The molecule has 2 atom stereocenters. The van der Waals surface area contributed by atoms with Gasteiger partial charge in [0.1, 0.15) is 12.5 Å². The average molecular weight is 207 g/mol. The van der Waals surface area contributed by atoms with E-state index in [9.17, 15) is 0 Å². The van der Waals surface area contributed by atoms with Crippen LogP contribution in [0.4, 0.5) is 0 Å². The molecule has 1 heterocycles. The molecule has 1 aromatic rings. The van der Waals surface area contributed by atoms with Gasteiger partial charge in [0.25, 0.3) is 0 Å². The summed E-state index contributed by atoms with van der Waals surface area (Å²) in [4.78, 5) is 0. The van der Waals surface area contributed by atoms with Crippen molar-refractivity contribution in [3.8, 4) is 5.75 Å². The zero-order chi connectivity index (χ0) is 10.7. The van der Waals surface area contributed by atoms with Crippen molar-refractivity contribution < 1.29 is 9.47 Å². The van der Waals surface area contributed by atoms with Crippen LogP contribution in [0.5, 0.6) is 5.75 Å². The molecule has 0 aromatic heterocycles. The third-order valence-corrected chi connectivity index (χ3v) is 2.71. The number of ether oxygens (including phenoxy) is 2. The summed E-state index contributed by atoms with van der Waals surface area (Å²) < 4.78 is 10.8. The summed E-state index contributed by atoms with van der Waals surface area (Å²) in [6, 6.07) is 8.50. The first kappa shape index (κ1) is 10.5. The molecule has 0 radical (unpaired) electrons. The second-order valence-corrected chi connectivity index (χ2v) is 3.95. The van der Waals surface area contributed by atoms with E-state index in [0.29, 0.717) is 18.9 Å². The van der Waals surface area contributed by atoms with Crippen molar-refractivity contribution in [1.29, 1.82) is 0 Å². The third kappa shape index (κ3) is 2.70. The summed E-state index contributed by atoms with van der Waals surface area (Å²) in [7, 11) is 0. The van der Waals surface area contributed by atoms with Gasteiger partial charge in [-0.15, -0.1) is 0 Å². The smallest absolute Gasteiger partial charge is 0.139 e. The van der Waals surface area contributed by atoms with Gasteiger partial charge in [-0.2, -0.15) is 0 Å². The second kappa shape index (κ2) is 4.64. The van der Waals surface area contributed by atoms with Gasteiger partial charge in [0.2, 0.25) is 0 Å². The largest absolute Gasteiger partial charge is 0.478 e. The molecule has 1 aliphatic rings. The molecule has 3 nitrogen and oxygen atoms in total. The van der Waals surface area contributed by atoms with Crippen LogP contribution in [0, 0.1) is 6.92 Å². The molecule has 0 saturated carbocycles. The fourth-order valence-corrected chi connectivity index (χ4v) is 1.48. The minimum Gasteiger partial charge on any atom is -0.478 e. The topological polar surface area (TPSA) is 30.5 Å². The Morgan fingerprint density at radius 1 is 1.40 bits per heavy atom. The molecule has 3 heteroatoms. The Bertz CT molecular complexity index is 310. The van der Waals surface area contributed by atoms with Crippen molar-refractivity contribution in [2.45, 2.75) is 26.0 Å². The van der Waals surface area contributed by atoms with E-state index in [-0.39, 0.29) is 0 Å². The number of benzene rings is 1. The van der Waals surface area contributed by atoms with Gasteiger partial charge in [-0.1, -0.05) is 17.7 Å². The highest BCUT2D eigenvalue weighted by molar-refractivity contribution is 5.26. The molecular formula is C12H17NO2. The van der Waals surface area contributed by atoms with Crippen molar-refractivity contribution in [2.24, 2.45) is 0 Å². The van der Waals surface area contributed by atoms with E-state index >= 15 is 0 Å². The molecule has 1 saturated heterocycles. The van der Waals surface area contributed by atoms with Crippen LogP contribution in [-0.2, 0) is 4.74 Å². The maximum absolute atomic E-state index is 5.55. The summed E-state index contributed by atoms with van der Waals surface area (Å²) >= 11 is 0. The van der Waals surface area contributed by atoms with E-state index in [0.717, 1.165) is 12.4 Å². The van der Waals surface area contributed by atoms with E-state index in [1.54, 1.807) is 0 Å². The van der Waals surface area contributed by atoms with Crippen LogP contribution in [0.3, 0.4) is 0 Å². The fraction of sp³-hybridized carbons (Fsp3) is 0.500. The van der Waals surface area contributed by atoms with Gasteiger partial charge in [-0.25, -0.2) is 0 Å². The predicted octanol–water partition coefficient (Wildman–Crippen LogP) is 1.71. The number of rotatable bonds is 4. The van der Waals surface area contributed by atoms with Crippen molar-refractivity contribution in [2.75, 3.05) is 13.3 Å². The maximum Gasteiger partial charge on any atom is 0.139 e. The van der Waals surface area contributed by atoms with Crippen LogP contribution < -0.4 is 10.1 Å². The number of hydrogen-bond acceptors (Lipinski definition) is 3. The van der Waals surface area contributed by atoms with Gasteiger partial charge in [0.15, 0.2) is 0 Å². The first-order valence-electron chi connectivity index (χ1n) is 5.30. The zero-order valence-electron chi connectivity index (χ0n) is 9.19. The molecule has 0 spiro atoms. The van der Waals surface area contributed by atoms with E-state index in [1.165, 1.54) is 5.56 Å². The van der Waals surface area contributed by atoms with Crippen molar-refractivity contribution >= 4 is 0 Å². The van der Waals surface area contributed by atoms with Gasteiger partial charge in [-0.05, 0) is 26.0 Å². The molecule has 0 aliphatic carbocycles. The van der Waals surface area contributed by atoms with Crippen LogP contribution in [0.2, 0.25) is 0 Å². The van der Waals surface area contributed by atoms with Crippen LogP contribution in [0.1, 0.15) is 12.5 Å². The normalized spacial score (nSPS) is 24.7. The second-order valence-electron chi connectivity index (χ2n) is 3.95. The van der Waals surface area contributed by atoms with Gasteiger partial charge in [0, 0.05) is 0 Å². The molecule has 1 N–H and O–H groups in total. The monoisotopic (exact) mass is 207 g/mol. The summed E-state index contributed by atoms with van der Waals surface area (Å²) in [5.41, 5.74) is 1.25. The lowest BCUT2D eigenvalue weighted by Gasteiger charge is -2.34. The summed E-state index contributed by atoms with van der Waals surface area (Å²) in [5, 5.41) is 3.28. The summed E-state index contributed by atoms with van der Waals surface area (Å²) in [5.74, 6) is 0.904. The van der Waals surface area contributed by atoms with Crippen molar-refractivity contribution in [3.63, 3.8) is 0 Å². The van der Waals surface area contributed by atoms with Crippen molar-refractivity contribution in [1.82, 2.24) is 5.32 Å². The highest BCUT2D eigenvalue weighted by Crippen LogP contribution is 2.13.